The monoisotopic (exact) mass is 446 g/mol. The van der Waals surface area contributed by atoms with Crippen molar-refractivity contribution in [2.75, 3.05) is 0 Å². The molecule has 0 saturated carbocycles. The van der Waals surface area contributed by atoms with Crippen molar-refractivity contribution in [3.8, 4) is 5.69 Å². The minimum Gasteiger partial charge on any atom is -0.267 e. The highest BCUT2D eigenvalue weighted by atomic mass is 79.9. The van der Waals surface area contributed by atoms with Crippen LogP contribution in [-0.2, 0) is 5.75 Å². The van der Waals surface area contributed by atoms with E-state index < -0.39 is 0 Å². The molecule has 0 fully saturated rings. The zero-order valence-electron chi connectivity index (χ0n) is 13.4. The Morgan fingerprint density at radius 2 is 1.96 bits per heavy atom. The van der Waals surface area contributed by atoms with Crippen LogP contribution in [0, 0.1) is 5.82 Å². The summed E-state index contributed by atoms with van der Waals surface area (Å²) in [5.41, 5.74) is 2.20. The fourth-order valence-electron chi connectivity index (χ4n) is 2.58. The number of halogens is 2. The van der Waals surface area contributed by atoms with Crippen LogP contribution in [0.15, 0.2) is 74.4 Å². The van der Waals surface area contributed by atoms with Gasteiger partial charge in [0.15, 0.2) is 5.16 Å². The van der Waals surface area contributed by atoms with Gasteiger partial charge in [0, 0.05) is 10.2 Å². The Hall–Kier alpha value is -1.96. The lowest BCUT2D eigenvalue weighted by Gasteiger charge is -2.12. The average Bonchev–Trinajstić information content (AvgIpc) is 3.10. The van der Waals surface area contributed by atoms with Crippen molar-refractivity contribution >= 4 is 49.2 Å². The molecule has 3 nitrogen and oxygen atoms in total. The SMILES string of the molecule is O=c1c2sccc2nc(SCc2cccc(F)c2)n1-c1ccc(Br)cc1. The second-order valence-electron chi connectivity index (χ2n) is 5.56. The van der Waals surface area contributed by atoms with Crippen LogP contribution < -0.4 is 5.56 Å². The van der Waals surface area contributed by atoms with Gasteiger partial charge in [-0.2, -0.15) is 0 Å². The molecule has 0 amide bonds. The lowest BCUT2D eigenvalue weighted by molar-refractivity contribution is 0.626. The first kappa shape index (κ1) is 17.5. The molecular formula is C19H12BrFN2OS2. The number of thiophene rings is 1. The van der Waals surface area contributed by atoms with Gasteiger partial charge in [-0.25, -0.2) is 9.37 Å². The summed E-state index contributed by atoms with van der Waals surface area (Å²) in [6.07, 6.45) is 0. The molecule has 4 aromatic rings. The lowest BCUT2D eigenvalue weighted by atomic mass is 10.2. The van der Waals surface area contributed by atoms with Crippen LogP contribution in [0.3, 0.4) is 0 Å². The Kier molecular flexibility index (Phi) is 4.93. The Morgan fingerprint density at radius 1 is 1.15 bits per heavy atom. The molecule has 0 aliphatic rings. The topological polar surface area (TPSA) is 34.9 Å². The molecule has 0 N–H and O–H groups in total. The van der Waals surface area contributed by atoms with Gasteiger partial charge in [0.2, 0.25) is 0 Å². The van der Waals surface area contributed by atoms with Gasteiger partial charge >= 0.3 is 0 Å². The third-order valence-electron chi connectivity index (χ3n) is 3.79. The van der Waals surface area contributed by atoms with E-state index in [1.54, 1.807) is 10.6 Å². The van der Waals surface area contributed by atoms with E-state index in [1.807, 2.05) is 41.8 Å². The van der Waals surface area contributed by atoms with Gasteiger partial charge in [-0.1, -0.05) is 39.8 Å². The molecular weight excluding hydrogens is 435 g/mol. The van der Waals surface area contributed by atoms with Gasteiger partial charge in [-0.3, -0.25) is 9.36 Å². The first-order chi connectivity index (χ1) is 12.6. The van der Waals surface area contributed by atoms with E-state index in [-0.39, 0.29) is 11.4 Å². The number of benzene rings is 2. The predicted octanol–water partition coefficient (Wildman–Crippen LogP) is 5.64. The van der Waals surface area contributed by atoms with Crippen LogP contribution in [0.25, 0.3) is 15.9 Å². The molecule has 4 rings (SSSR count). The maximum atomic E-state index is 13.4. The van der Waals surface area contributed by atoms with Gasteiger partial charge in [0.1, 0.15) is 10.5 Å². The fraction of sp³-hybridized carbons (Fsp3) is 0.0526. The van der Waals surface area contributed by atoms with E-state index in [0.717, 1.165) is 15.7 Å². The third kappa shape index (κ3) is 3.47. The molecule has 0 atom stereocenters. The molecule has 0 bridgehead atoms. The van der Waals surface area contributed by atoms with Crippen molar-refractivity contribution in [1.82, 2.24) is 9.55 Å². The van der Waals surface area contributed by atoms with Crippen LogP contribution >= 0.6 is 39.0 Å². The van der Waals surface area contributed by atoms with E-state index in [2.05, 4.69) is 20.9 Å². The number of fused-ring (bicyclic) bond motifs is 1. The molecule has 0 aliphatic carbocycles. The summed E-state index contributed by atoms with van der Waals surface area (Å²) >= 11 is 6.22. The van der Waals surface area contributed by atoms with Crippen LogP contribution in [0.1, 0.15) is 5.56 Å². The number of hydrogen-bond donors (Lipinski definition) is 0. The minimum absolute atomic E-state index is 0.0888. The van der Waals surface area contributed by atoms with Gasteiger partial charge in [0.05, 0.1) is 11.2 Å². The van der Waals surface area contributed by atoms with Gasteiger partial charge in [0.25, 0.3) is 5.56 Å². The van der Waals surface area contributed by atoms with Crippen molar-refractivity contribution < 1.29 is 4.39 Å². The molecule has 0 spiro atoms. The van der Waals surface area contributed by atoms with E-state index in [1.165, 1.54) is 35.2 Å². The molecule has 26 heavy (non-hydrogen) atoms. The van der Waals surface area contributed by atoms with Crippen LogP contribution in [0.5, 0.6) is 0 Å². The molecule has 2 aromatic carbocycles. The zero-order chi connectivity index (χ0) is 18.1. The first-order valence-electron chi connectivity index (χ1n) is 7.75. The van der Waals surface area contributed by atoms with Crippen molar-refractivity contribution in [1.29, 1.82) is 0 Å². The Balaban J connectivity index is 1.80. The molecule has 0 unspecified atom stereocenters. The van der Waals surface area contributed by atoms with Crippen molar-refractivity contribution in [2.45, 2.75) is 10.9 Å². The largest absolute Gasteiger partial charge is 0.276 e. The number of hydrogen-bond acceptors (Lipinski definition) is 4. The molecule has 0 radical (unpaired) electrons. The Labute approximate surface area is 165 Å². The summed E-state index contributed by atoms with van der Waals surface area (Å²) in [5, 5.41) is 2.46. The lowest BCUT2D eigenvalue weighted by Crippen LogP contribution is -2.20. The average molecular weight is 447 g/mol. The van der Waals surface area contributed by atoms with Crippen molar-refractivity contribution in [3.63, 3.8) is 0 Å². The standard InChI is InChI=1S/C19H12BrFN2OS2/c20-13-4-6-15(7-5-13)23-18(24)17-16(8-9-25-17)22-19(23)26-11-12-2-1-3-14(21)10-12/h1-10H,11H2. The van der Waals surface area contributed by atoms with E-state index in [9.17, 15) is 9.18 Å². The van der Waals surface area contributed by atoms with Crippen molar-refractivity contribution in [2.24, 2.45) is 0 Å². The minimum atomic E-state index is -0.269. The maximum absolute atomic E-state index is 13.4. The summed E-state index contributed by atoms with van der Waals surface area (Å²) in [5.74, 6) is 0.255. The van der Waals surface area contributed by atoms with Crippen LogP contribution in [-0.4, -0.2) is 9.55 Å². The van der Waals surface area contributed by atoms with Gasteiger partial charge in [-0.15, -0.1) is 11.3 Å². The summed E-state index contributed by atoms with van der Waals surface area (Å²) in [6.45, 7) is 0. The molecule has 0 saturated heterocycles. The smallest absolute Gasteiger partial charge is 0.267 e. The number of aromatic nitrogens is 2. The highest BCUT2D eigenvalue weighted by Gasteiger charge is 2.14. The summed E-state index contributed by atoms with van der Waals surface area (Å²) < 4.78 is 16.6. The predicted molar refractivity (Wildman–Crippen MR) is 109 cm³/mol. The second-order valence-corrected chi connectivity index (χ2v) is 8.34. The summed E-state index contributed by atoms with van der Waals surface area (Å²) in [4.78, 5) is 17.7. The number of rotatable bonds is 4. The van der Waals surface area contributed by atoms with Crippen LogP contribution in [0.2, 0.25) is 0 Å². The fourth-order valence-corrected chi connectivity index (χ4v) is 4.56. The molecule has 2 aromatic heterocycles. The summed E-state index contributed by atoms with van der Waals surface area (Å²) in [6, 6.07) is 15.8. The molecule has 7 heteroatoms. The molecule has 130 valence electrons. The second kappa shape index (κ2) is 7.34. The van der Waals surface area contributed by atoms with E-state index >= 15 is 0 Å². The van der Waals surface area contributed by atoms with Crippen molar-refractivity contribution in [3.05, 3.63) is 86.2 Å². The highest BCUT2D eigenvalue weighted by Crippen LogP contribution is 2.26. The highest BCUT2D eigenvalue weighted by molar-refractivity contribution is 9.10. The van der Waals surface area contributed by atoms with E-state index in [4.69, 9.17) is 0 Å². The molecule has 0 aliphatic heterocycles. The maximum Gasteiger partial charge on any atom is 0.276 e. The first-order valence-corrected chi connectivity index (χ1v) is 10.4. The number of nitrogens with zero attached hydrogens (tertiary/aromatic N) is 2. The third-order valence-corrected chi connectivity index (χ3v) is 6.22. The molecule has 2 heterocycles. The Morgan fingerprint density at radius 3 is 2.73 bits per heavy atom. The summed E-state index contributed by atoms with van der Waals surface area (Å²) in [7, 11) is 0. The van der Waals surface area contributed by atoms with Gasteiger partial charge in [-0.05, 0) is 53.4 Å². The number of thioether (sulfide) groups is 1. The van der Waals surface area contributed by atoms with Crippen LogP contribution in [0.4, 0.5) is 4.39 Å². The van der Waals surface area contributed by atoms with E-state index in [0.29, 0.717) is 21.1 Å². The zero-order valence-corrected chi connectivity index (χ0v) is 16.6. The Bertz CT molecular complexity index is 1140. The van der Waals surface area contributed by atoms with Gasteiger partial charge < -0.3 is 0 Å². The normalized spacial score (nSPS) is 11.2. The quantitative estimate of drug-likeness (QED) is 0.300.